The van der Waals surface area contributed by atoms with E-state index in [2.05, 4.69) is 30.0 Å². The molecular formula is C12H22N2. The van der Waals surface area contributed by atoms with E-state index in [1.54, 1.807) is 0 Å². The van der Waals surface area contributed by atoms with Crippen LogP contribution in [0.25, 0.3) is 0 Å². The van der Waals surface area contributed by atoms with E-state index in [-0.39, 0.29) is 0 Å². The van der Waals surface area contributed by atoms with Crippen LogP contribution in [-0.4, -0.2) is 37.1 Å². The van der Waals surface area contributed by atoms with Crippen LogP contribution in [0.2, 0.25) is 0 Å². The van der Waals surface area contributed by atoms with Gasteiger partial charge in [0.05, 0.1) is 6.54 Å². The Morgan fingerprint density at radius 1 is 1.50 bits per heavy atom. The Hall–Kier alpha value is -0.520. The van der Waals surface area contributed by atoms with Crippen LogP contribution < -0.4 is 5.32 Å². The Morgan fingerprint density at radius 2 is 2.21 bits per heavy atom. The van der Waals surface area contributed by atoms with Crippen LogP contribution in [-0.2, 0) is 0 Å². The fourth-order valence-electron chi connectivity index (χ4n) is 1.58. The van der Waals surface area contributed by atoms with Gasteiger partial charge in [0.25, 0.3) is 0 Å². The van der Waals surface area contributed by atoms with Crippen LogP contribution in [0, 0.1) is 18.3 Å². The summed E-state index contributed by atoms with van der Waals surface area (Å²) < 4.78 is 0. The Morgan fingerprint density at radius 3 is 2.71 bits per heavy atom. The van der Waals surface area contributed by atoms with Crippen molar-refractivity contribution in [3.63, 3.8) is 0 Å². The summed E-state index contributed by atoms with van der Waals surface area (Å²) in [5.74, 6) is 3.57. The van der Waals surface area contributed by atoms with Crippen molar-refractivity contribution < 1.29 is 0 Å². The molecule has 1 aliphatic carbocycles. The quantitative estimate of drug-likeness (QED) is 0.486. The number of nitrogens with one attached hydrogen (secondary N) is 1. The van der Waals surface area contributed by atoms with Gasteiger partial charge in [-0.25, -0.2) is 0 Å². The van der Waals surface area contributed by atoms with E-state index in [1.807, 2.05) is 0 Å². The van der Waals surface area contributed by atoms with Gasteiger partial charge in [-0.2, -0.15) is 0 Å². The average Bonchev–Trinajstić information content (AvgIpc) is 2.93. The molecule has 0 heterocycles. The second-order valence-electron chi connectivity index (χ2n) is 4.41. The molecule has 0 spiro atoms. The van der Waals surface area contributed by atoms with Gasteiger partial charge in [0.15, 0.2) is 0 Å². The highest BCUT2D eigenvalue weighted by Crippen LogP contribution is 2.30. The van der Waals surface area contributed by atoms with Gasteiger partial charge in [-0.1, -0.05) is 5.92 Å². The van der Waals surface area contributed by atoms with Gasteiger partial charge in [0.2, 0.25) is 0 Å². The van der Waals surface area contributed by atoms with Gasteiger partial charge in [-0.15, -0.1) is 6.42 Å². The lowest BCUT2D eigenvalue weighted by molar-refractivity contribution is 0.214. The van der Waals surface area contributed by atoms with Gasteiger partial charge in [-0.3, -0.25) is 4.90 Å². The van der Waals surface area contributed by atoms with Crippen LogP contribution in [0.5, 0.6) is 0 Å². The maximum atomic E-state index is 5.17. The van der Waals surface area contributed by atoms with E-state index >= 15 is 0 Å². The first-order valence-electron chi connectivity index (χ1n) is 5.62. The van der Waals surface area contributed by atoms with Crippen molar-refractivity contribution in [2.45, 2.75) is 32.7 Å². The van der Waals surface area contributed by atoms with E-state index < -0.39 is 0 Å². The standard InChI is InChI=1S/C12H22N2/c1-4-7-13-8-9-14(11(2)3)10-12-5-6-12/h1,11-13H,5-10H2,2-3H3. The first kappa shape index (κ1) is 11.6. The Labute approximate surface area is 88.1 Å². The fraction of sp³-hybridized carbons (Fsp3) is 0.833. The second kappa shape index (κ2) is 6.06. The summed E-state index contributed by atoms with van der Waals surface area (Å²) in [5.41, 5.74) is 0. The third-order valence-corrected chi connectivity index (χ3v) is 2.72. The molecule has 0 unspecified atom stereocenters. The van der Waals surface area contributed by atoms with Crippen molar-refractivity contribution in [3.05, 3.63) is 0 Å². The molecule has 0 aromatic heterocycles. The van der Waals surface area contributed by atoms with Crippen LogP contribution in [0.1, 0.15) is 26.7 Å². The van der Waals surface area contributed by atoms with Crippen LogP contribution >= 0.6 is 0 Å². The molecule has 0 amide bonds. The Bertz CT molecular complexity index is 189. The predicted molar refractivity (Wildman–Crippen MR) is 61.1 cm³/mol. The van der Waals surface area contributed by atoms with Gasteiger partial charge in [0, 0.05) is 25.7 Å². The zero-order chi connectivity index (χ0) is 10.4. The largest absolute Gasteiger partial charge is 0.305 e. The van der Waals surface area contributed by atoms with Crippen LogP contribution in [0.3, 0.4) is 0 Å². The lowest BCUT2D eigenvalue weighted by Crippen LogP contribution is -2.38. The molecule has 14 heavy (non-hydrogen) atoms. The fourth-order valence-corrected chi connectivity index (χ4v) is 1.58. The summed E-state index contributed by atoms with van der Waals surface area (Å²) in [6.07, 6.45) is 8.03. The molecule has 1 rings (SSSR count). The van der Waals surface area contributed by atoms with Crippen molar-refractivity contribution in [3.8, 4) is 12.3 Å². The minimum absolute atomic E-state index is 0.656. The number of terminal acetylenes is 1. The molecule has 0 aromatic rings. The summed E-state index contributed by atoms with van der Waals surface area (Å²) >= 11 is 0. The molecule has 1 fully saturated rings. The van der Waals surface area contributed by atoms with Gasteiger partial charge in [0.1, 0.15) is 0 Å². The smallest absolute Gasteiger partial charge is 0.0574 e. The highest BCUT2D eigenvalue weighted by atomic mass is 15.2. The van der Waals surface area contributed by atoms with Gasteiger partial charge in [-0.05, 0) is 32.6 Å². The minimum atomic E-state index is 0.656. The third kappa shape index (κ3) is 4.64. The van der Waals surface area contributed by atoms with E-state index in [4.69, 9.17) is 6.42 Å². The van der Waals surface area contributed by atoms with Gasteiger partial charge >= 0.3 is 0 Å². The highest BCUT2D eigenvalue weighted by molar-refractivity contribution is 4.86. The van der Waals surface area contributed by atoms with Crippen molar-refractivity contribution in [1.29, 1.82) is 0 Å². The van der Waals surface area contributed by atoms with Crippen molar-refractivity contribution >= 4 is 0 Å². The monoisotopic (exact) mass is 194 g/mol. The molecule has 0 saturated heterocycles. The highest BCUT2D eigenvalue weighted by Gasteiger charge is 2.24. The van der Waals surface area contributed by atoms with Crippen LogP contribution in [0.4, 0.5) is 0 Å². The maximum Gasteiger partial charge on any atom is 0.0574 e. The van der Waals surface area contributed by atoms with E-state index in [9.17, 15) is 0 Å². The minimum Gasteiger partial charge on any atom is -0.305 e. The zero-order valence-corrected chi connectivity index (χ0v) is 9.42. The first-order valence-corrected chi connectivity index (χ1v) is 5.62. The first-order chi connectivity index (χ1) is 6.74. The molecule has 2 nitrogen and oxygen atoms in total. The molecule has 1 aliphatic rings. The molecule has 1 saturated carbocycles. The predicted octanol–water partition coefficient (Wildman–Crippen LogP) is 1.33. The zero-order valence-electron chi connectivity index (χ0n) is 9.42. The Kier molecular flexibility index (Phi) is 5.00. The van der Waals surface area contributed by atoms with E-state index in [0.717, 1.165) is 19.0 Å². The lowest BCUT2D eigenvalue weighted by Gasteiger charge is -2.26. The summed E-state index contributed by atoms with van der Waals surface area (Å²) in [6, 6.07) is 0.656. The lowest BCUT2D eigenvalue weighted by atomic mass is 10.2. The van der Waals surface area contributed by atoms with Crippen molar-refractivity contribution in [2.75, 3.05) is 26.2 Å². The number of rotatable bonds is 7. The summed E-state index contributed by atoms with van der Waals surface area (Å²) in [4.78, 5) is 2.54. The third-order valence-electron chi connectivity index (χ3n) is 2.72. The molecule has 0 aliphatic heterocycles. The second-order valence-corrected chi connectivity index (χ2v) is 4.41. The number of nitrogens with zero attached hydrogens (tertiary/aromatic N) is 1. The average molecular weight is 194 g/mol. The van der Waals surface area contributed by atoms with E-state index in [0.29, 0.717) is 12.6 Å². The number of hydrogen-bond donors (Lipinski definition) is 1. The molecule has 80 valence electrons. The maximum absolute atomic E-state index is 5.17. The Balaban J connectivity index is 2.11. The van der Waals surface area contributed by atoms with Crippen molar-refractivity contribution in [1.82, 2.24) is 10.2 Å². The molecule has 1 N–H and O–H groups in total. The normalized spacial score (nSPS) is 16.2. The number of hydrogen-bond acceptors (Lipinski definition) is 2. The molecule has 2 heteroatoms. The van der Waals surface area contributed by atoms with Gasteiger partial charge < -0.3 is 5.32 Å². The summed E-state index contributed by atoms with van der Waals surface area (Å²) in [5, 5.41) is 3.24. The summed E-state index contributed by atoms with van der Waals surface area (Å²) in [6.45, 7) is 8.63. The topological polar surface area (TPSA) is 15.3 Å². The molecular weight excluding hydrogens is 172 g/mol. The van der Waals surface area contributed by atoms with Crippen LogP contribution in [0.15, 0.2) is 0 Å². The van der Waals surface area contributed by atoms with E-state index in [1.165, 1.54) is 19.4 Å². The molecule has 0 atom stereocenters. The molecule has 0 radical (unpaired) electrons. The van der Waals surface area contributed by atoms with Crippen molar-refractivity contribution in [2.24, 2.45) is 5.92 Å². The SMILES string of the molecule is C#CCNCCN(CC1CC1)C(C)C. The molecule has 0 aromatic carbocycles. The summed E-state index contributed by atoms with van der Waals surface area (Å²) in [7, 11) is 0. The molecule has 0 bridgehead atoms.